The molecule has 0 saturated heterocycles. The van der Waals surface area contributed by atoms with Gasteiger partial charge in [-0.3, -0.25) is 14.5 Å². The van der Waals surface area contributed by atoms with Crippen LogP contribution in [-0.2, 0) is 5.40 Å². The van der Waals surface area contributed by atoms with Gasteiger partial charge in [0.2, 0.25) is 0 Å². The molecule has 0 saturated carbocycles. The third kappa shape index (κ3) is 3.65. The number of halogens is 1. The van der Waals surface area contributed by atoms with E-state index in [1.807, 2.05) is 13.8 Å². The summed E-state index contributed by atoms with van der Waals surface area (Å²) in [5.41, 5.74) is 1.15. The van der Waals surface area contributed by atoms with Crippen LogP contribution >= 0.6 is 0 Å². The highest BCUT2D eigenvalue weighted by molar-refractivity contribution is 6.39. The number of rotatable bonds is 6. The van der Waals surface area contributed by atoms with E-state index in [2.05, 4.69) is 10.1 Å². The molecule has 0 unspecified atom stereocenters. The Morgan fingerprint density at radius 3 is 2.71 bits per heavy atom. The quantitative estimate of drug-likeness (QED) is 0.530. The number of phenolic OH excluding ortho intramolecular Hbond substituents is 1. The molecule has 1 N–H and O–H groups in total. The molecule has 28 heavy (non-hydrogen) atoms. The molecular weight excluding hydrogens is 359 g/mol. The van der Waals surface area contributed by atoms with Crippen LogP contribution in [0.3, 0.4) is 0 Å². The first kappa shape index (κ1) is 19.7. The molecule has 2 heterocycles. The van der Waals surface area contributed by atoms with Crippen LogP contribution in [0.2, 0.25) is 0 Å². The third-order valence-corrected chi connectivity index (χ3v) is 4.09. The zero-order chi connectivity index (χ0) is 20.5. The molecule has 4 radical (unpaired) electrons. The molecular formula is C19H16B2FN3O3. The first-order valence-corrected chi connectivity index (χ1v) is 8.48. The lowest BCUT2D eigenvalue weighted by molar-refractivity contribution is 0.111. The van der Waals surface area contributed by atoms with Gasteiger partial charge in [0.15, 0.2) is 6.29 Å². The van der Waals surface area contributed by atoms with Crippen LogP contribution in [0.1, 0.15) is 35.9 Å². The predicted octanol–water partition coefficient (Wildman–Crippen LogP) is 2.71. The monoisotopic (exact) mass is 375 g/mol. The number of aldehydes is 1. The zero-order valence-corrected chi connectivity index (χ0v) is 15.3. The second-order valence-corrected chi connectivity index (χ2v) is 6.50. The Kier molecular flexibility index (Phi) is 5.27. The van der Waals surface area contributed by atoms with Gasteiger partial charge < -0.3 is 9.84 Å². The fourth-order valence-electron chi connectivity index (χ4n) is 2.87. The maximum Gasteiger partial charge on any atom is 0.157 e. The lowest BCUT2D eigenvalue weighted by Crippen LogP contribution is -2.36. The average molecular weight is 375 g/mol. The van der Waals surface area contributed by atoms with Crippen molar-refractivity contribution in [3.63, 3.8) is 0 Å². The second-order valence-electron chi connectivity index (χ2n) is 6.50. The van der Waals surface area contributed by atoms with Crippen LogP contribution < -0.4 is 4.74 Å². The van der Waals surface area contributed by atoms with Crippen LogP contribution in [0.5, 0.6) is 11.5 Å². The molecule has 0 spiro atoms. The van der Waals surface area contributed by atoms with E-state index in [0.29, 0.717) is 17.5 Å². The molecule has 1 aromatic carbocycles. The molecule has 3 aromatic rings. The minimum absolute atomic E-state index is 0.0609. The van der Waals surface area contributed by atoms with Crippen LogP contribution in [0.4, 0.5) is 4.39 Å². The second kappa shape index (κ2) is 7.50. The van der Waals surface area contributed by atoms with Gasteiger partial charge in [0.05, 0.1) is 22.4 Å². The highest BCUT2D eigenvalue weighted by Crippen LogP contribution is 2.34. The Morgan fingerprint density at radius 1 is 1.29 bits per heavy atom. The molecule has 6 nitrogen and oxygen atoms in total. The lowest BCUT2D eigenvalue weighted by Gasteiger charge is -2.30. The Morgan fingerprint density at radius 2 is 2.04 bits per heavy atom. The largest absolute Gasteiger partial charge is 0.507 e. The first-order valence-electron chi connectivity index (χ1n) is 8.48. The first-order chi connectivity index (χ1) is 13.2. The molecule has 138 valence electrons. The van der Waals surface area contributed by atoms with E-state index in [1.54, 1.807) is 29.1 Å². The molecule has 0 aliphatic rings. The molecule has 0 amide bonds. The van der Waals surface area contributed by atoms with Crippen molar-refractivity contribution in [2.45, 2.75) is 25.3 Å². The third-order valence-electron chi connectivity index (χ3n) is 4.09. The van der Waals surface area contributed by atoms with E-state index in [1.165, 1.54) is 6.20 Å². The summed E-state index contributed by atoms with van der Waals surface area (Å²) in [7, 11) is 12.3. The van der Waals surface area contributed by atoms with Gasteiger partial charge in [-0.2, -0.15) is 5.10 Å². The van der Waals surface area contributed by atoms with Gasteiger partial charge in [0, 0.05) is 36.1 Å². The number of aromatic nitrogens is 3. The van der Waals surface area contributed by atoms with Crippen LogP contribution in [0, 0.1) is 5.82 Å². The van der Waals surface area contributed by atoms with Gasteiger partial charge in [0.25, 0.3) is 0 Å². The van der Waals surface area contributed by atoms with Crippen molar-refractivity contribution in [2.24, 2.45) is 0 Å². The number of pyridine rings is 1. The Hall–Kier alpha value is -3.09. The van der Waals surface area contributed by atoms with E-state index >= 15 is 0 Å². The summed E-state index contributed by atoms with van der Waals surface area (Å²) in [6, 6.07) is 7.00. The van der Waals surface area contributed by atoms with Crippen molar-refractivity contribution in [3.05, 3.63) is 59.8 Å². The van der Waals surface area contributed by atoms with Crippen molar-refractivity contribution in [3.8, 4) is 22.8 Å². The van der Waals surface area contributed by atoms with Crippen molar-refractivity contribution in [2.75, 3.05) is 0 Å². The fraction of sp³-hybridized carbons (Fsp3) is 0.211. The van der Waals surface area contributed by atoms with E-state index in [-0.39, 0.29) is 23.0 Å². The van der Waals surface area contributed by atoms with Crippen LogP contribution in [0.25, 0.3) is 11.3 Å². The summed E-state index contributed by atoms with van der Waals surface area (Å²) in [5, 5.41) is 12.0. The summed E-state index contributed by atoms with van der Waals surface area (Å²) >= 11 is 0. The highest BCUT2D eigenvalue weighted by Gasteiger charge is 2.29. The number of hydrogen-bond acceptors (Lipinski definition) is 5. The van der Waals surface area contributed by atoms with E-state index < -0.39 is 17.0 Å². The fourth-order valence-corrected chi connectivity index (χ4v) is 2.87. The van der Waals surface area contributed by atoms with Crippen molar-refractivity contribution < 1.29 is 19.0 Å². The van der Waals surface area contributed by atoms with Crippen molar-refractivity contribution in [1.82, 2.24) is 14.8 Å². The average Bonchev–Trinajstić information content (AvgIpc) is 3.11. The number of aromatic hydroxyl groups is 1. The molecule has 0 fully saturated rings. The molecule has 0 bridgehead atoms. The highest BCUT2D eigenvalue weighted by atomic mass is 19.1. The molecule has 0 aliphatic heterocycles. The standard InChI is InChI=1S/C19H16B2FN3O3/c1-11(2)25-15(5-7-24-25)13-4-3-6-23-18(13)19(20,21)28-17-9-12(22)8-16(27)14(17)10-26/h3-11,27H,1-2H3. The van der Waals surface area contributed by atoms with Gasteiger partial charge in [0.1, 0.15) is 33.0 Å². The van der Waals surface area contributed by atoms with Crippen LogP contribution in [-0.4, -0.2) is 41.8 Å². The van der Waals surface area contributed by atoms with E-state index in [4.69, 9.17) is 20.4 Å². The lowest BCUT2D eigenvalue weighted by atomic mass is 9.61. The summed E-state index contributed by atoms with van der Waals surface area (Å²) in [5.74, 6) is -1.69. The molecule has 0 atom stereocenters. The molecule has 3 rings (SSSR count). The number of benzene rings is 1. The summed E-state index contributed by atoms with van der Waals surface area (Å²) in [6.45, 7) is 3.93. The summed E-state index contributed by atoms with van der Waals surface area (Å²) in [4.78, 5) is 15.5. The van der Waals surface area contributed by atoms with Crippen molar-refractivity contribution >= 4 is 22.0 Å². The van der Waals surface area contributed by atoms with Gasteiger partial charge in [-0.25, -0.2) is 4.39 Å². The summed E-state index contributed by atoms with van der Waals surface area (Å²) < 4.78 is 21.0. The maximum absolute atomic E-state index is 13.7. The number of ether oxygens (including phenoxy) is 1. The Balaban J connectivity index is 2.10. The molecule has 9 heteroatoms. The Labute approximate surface area is 164 Å². The summed E-state index contributed by atoms with van der Waals surface area (Å²) in [6.07, 6.45) is 3.45. The van der Waals surface area contributed by atoms with Gasteiger partial charge in [-0.05, 0) is 32.0 Å². The number of nitrogens with zero attached hydrogens (tertiary/aromatic N) is 3. The number of carbonyl (C=O) groups is 1. The maximum atomic E-state index is 13.7. The Bertz CT molecular complexity index is 1020. The number of carbonyl (C=O) groups excluding carboxylic acids is 1. The number of phenols is 1. The minimum atomic E-state index is -2.03. The predicted molar refractivity (Wildman–Crippen MR) is 103 cm³/mol. The topological polar surface area (TPSA) is 77.2 Å². The van der Waals surface area contributed by atoms with Gasteiger partial charge >= 0.3 is 0 Å². The van der Waals surface area contributed by atoms with Crippen LogP contribution in [0.15, 0.2) is 42.7 Å². The zero-order valence-electron chi connectivity index (χ0n) is 15.3. The molecule has 0 aliphatic carbocycles. The minimum Gasteiger partial charge on any atom is -0.507 e. The van der Waals surface area contributed by atoms with Gasteiger partial charge in [-0.1, -0.05) is 0 Å². The smallest absolute Gasteiger partial charge is 0.157 e. The SMILES string of the molecule is [B]C([B])(Oc1cc(F)cc(O)c1C=O)c1ncccc1-c1ccnn1C(C)C. The van der Waals surface area contributed by atoms with E-state index in [9.17, 15) is 14.3 Å². The normalized spacial score (nSPS) is 11.6. The van der Waals surface area contributed by atoms with Gasteiger partial charge in [-0.15, -0.1) is 0 Å². The molecule has 2 aromatic heterocycles. The van der Waals surface area contributed by atoms with Crippen molar-refractivity contribution in [1.29, 1.82) is 0 Å². The number of hydrogen-bond donors (Lipinski definition) is 1. The van der Waals surface area contributed by atoms with E-state index in [0.717, 1.165) is 12.1 Å².